The van der Waals surface area contributed by atoms with E-state index in [1.165, 1.54) is 0 Å². The topological polar surface area (TPSA) is 128 Å². The molecule has 10 nitrogen and oxygen atoms in total. The molecule has 0 spiro atoms. The number of aromatic nitrogens is 2. The molecule has 3 heterocycles. The lowest BCUT2D eigenvalue weighted by molar-refractivity contribution is -0.131. The van der Waals surface area contributed by atoms with Crippen LogP contribution in [0.15, 0.2) is 0 Å². The minimum atomic E-state index is -0.624. The van der Waals surface area contributed by atoms with Crippen molar-refractivity contribution in [1.82, 2.24) is 25.3 Å². The lowest BCUT2D eigenvalue weighted by Gasteiger charge is -2.26. The molecule has 0 bridgehead atoms. The van der Waals surface area contributed by atoms with Gasteiger partial charge in [0.05, 0.1) is 18.6 Å². The van der Waals surface area contributed by atoms with Gasteiger partial charge in [-0.25, -0.2) is 0 Å². The van der Waals surface area contributed by atoms with Crippen molar-refractivity contribution in [1.29, 1.82) is 0 Å². The average Bonchev–Trinajstić information content (AvgIpc) is 3.40. The van der Waals surface area contributed by atoms with Crippen molar-refractivity contribution in [2.45, 2.75) is 19.3 Å². The molecule has 2 atom stereocenters. The van der Waals surface area contributed by atoms with Crippen LogP contribution in [0.3, 0.4) is 0 Å². The van der Waals surface area contributed by atoms with Gasteiger partial charge in [-0.15, -0.1) is 0 Å². The number of fused-ring (bicyclic) bond motifs is 2. The van der Waals surface area contributed by atoms with E-state index in [4.69, 9.17) is 14.6 Å². The van der Waals surface area contributed by atoms with Gasteiger partial charge in [-0.2, -0.15) is 5.10 Å². The molecule has 29 heavy (non-hydrogen) atoms. The molecular formula is C19H29N5O5. The molecule has 2 amide bonds. The molecule has 160 valence electrons. The van der Waals surface area contributed by atoms with E-state index in [9.17, 15) is 9.59 Å². The van der Waals surface area contributed by atoms with Crippen LogP contribution < -0.4 is 5.32 Å². The molecule has 3 aliphatic rings. The quantitative estimate of drug-likeness (QED) is 0.554. The van der Waals surface area contributed by atoms with Gasteiger partial charge in [0, 0.05) is 43.4 Å². The highest BCUT2D eigenvalue weighted by Crippen LogP contribution is 2.42. The van der Waals surface area contributed by atoms with E-state index >= 15 is 0 Å². The summed E-state index contributed by atoms with van der Waals surface area (Å²) in [5.74, 6) is 0.00136. The van der Waals surface area contributed by atoms with Gasteiger partial charge >= 0.3 is 0 Å². The maximum atomic E-state index is 13.0. The fourth-order valence-electron chi connectivity index (χ4n) is 4.43. The molecule has 10 heteroatoms. The molecule has 0 unspecified atom stereocenters. The van der Waals surface area contributed by atoms with Crippen LogP contribution in [0.25, 0.3) is 0 Å². The number of H-pyrrole nitrogens is 1. The van der Waals surface area contributed by atoms with Gasteiger partial charge < -0.3 is 25.0 Å². The van der Waals surface area contributed by atoms with E-state index in [2.05, 4.69) is 15.5 Å². The number of carbonyl (C=O) groups is 3. The molecule has 2 fully saturated rings. The minimum absolute atomic E-state index is 0.00408. The number of amides is 2. The lowest BCUT2D eigenvalue weighted by atomic mass is 9.80. The Hall–Kier alpha value is -2.46. The zero-order valence-electron chi connectivity index (χ0n) is 16.9. The number of likely N-dealkylation sites (tertiary alicyclic amines) is 1. The van der Waals surface area contributed by atoms with Crippen molar-refractivity contribution in [2.24, 2.45) is 11.3 Å². The van der Waals surface area contributed by atoms with E-state index in [0.717, 1.165) is 37.1 Å². The Kier molecular flexibility index (Phi) is 6.53. The van der Waals surface area contributed by atoms with E-state index < -0.39 is 5.41 Å². The first-order valence-electron chi connectivity index (χ1n) is 9.87. The van der Waals surface area contributed by atoms with Crippen LogP contribution in [0.5, 0.6) is 0 Å². The molecule has 0 radical (unpaired) electrons. The third-order valence-corrected chi connectivity index (χ3v) is 5.97. The van der Waals surface area contributed by atoms with Crippen molar-refractivity contribution in [3.05, 3.63) is 17.0 Å². The zero-order chi connectivity index (χ0) is 21.0. The van der Waals surface area contributed by atoms with Crippen molar-refractivity contribution in [3.63, 3.8) is 0 Å². The van der Waals surface area contributed by atoms with Crippen LogP contribution in [0, 0.1) is 11.3 Å². The monoisotopic (exact) mass is 407 g/mol. The Labute approximate surface area is 169 Å². The molecular weight excluding hydrogens is 378 g/mol. The summed E-state index contributed by atoms with van der Waals surface area (Å²) in [6.45, 7) is 3.02. The SMILES string of the molecule is CN(C)CCNC(=O)[C@@]12COC[C@@H]1CN(C(=O)c1n[nH]c3c1CCC3)C2.O=CO. The lowest BCUT2D eigenvalue weighted by Crippen LogP contribution is -2.48. The van der Waals surface area contributed by atoms with Gasteiger partial charge in [0.1, 0.15) is 0 Å². The van der Waals surface area contributed by atoms with Gasteiger partial charge in [-0.1, -0.05) is 0 Å². The van der Waals surface area contributed by atoms with Gasteiger partial charge in [0.2, 0.25) is 5.91 Å². The number of hydrogen-bond donors (Lipinski definition) is 3. The highest BCUT2D eigenvalue weighted by Gasteiger charge is 2.57. The number of ether oxygens (including phenoxy) is 1. The third kappa shape index (κ3) is 4.13. The Morgan fingerprint density at radius 1 is 1.45 bits per heavy atom. The van der Waals surface area contributed by atoms with Gasteiger partial charge in [0.25, 0.3) is 12.4 Å². The normalized spacial score (nSPS) is 24.7. The number of aryl methyl sites for hydroxylation is 1. The maximum Gasteiger partial charge on any atom is 0.290 e. The summed E-state index contributed by atoms with van der Waals surface area (Å²) in [5, 5.41) is 17.2. The molecule has 1 aromatic rings. The second-order valence-corrected chi connectivity index (χ2v) is 8.10. The summed E-state index contributed by atoms with van der Waals surface area (Å²) in [6, 6.07) is 0. The maximum absolute atomic E-state index is 13.0. The molecule has 3 N–H and O–H groups in total. The first-order valence-corrected chi connectivity index (χ1v) is 9.87. The van der Waals surface area contributed by atoms with E-state index in [-0.39, 0.29) is 24.2 Å². The van der Waals surface area contributed by atoms with Crippen LogP contribution >= 0.6 is 0 Å². The summed E-state index contributed by atoms with van der Waals surface area (Å²) in [4.78, 5) is 38.1. The Morgan fingerprint density at radius 3 is 2.93 bits per heavy atom. The largest absolute Gasteiger partial charge is 0.483 e. The Morgan fingerprint density at radius 2 is 2.21 bits per heavy atom. The highest BCUT2D eigenvalue weighted by molar-refractivity contribution is 5.95. The number of nitrogens with one attached hydrogen (secondary N) is 2. The molecule has 1 aliphatic carbocycles. The fraction of sp³-hybridized carbons (Fsp3) is 0.684. The predicted octanol–water partition coefficient (Wildman–Crippen LogP) is -0.634. The number of rotatable bonds is 5. The molecule has 2 saturated heterocycles. The highest BCUT2D eigenvalue weighted by atomic mass is 16.5. The summed E-state index contributed by atoms with van der Waals surface area (Å²) in [6.07, 6.45) is 2.94. The summed E-state index contributed by atoms with van der Waals surface area (Å²) >= 11 is 0. The van der Waals surface area contributed by atoms with Gasteiger partial charge in [-0.05, 0) is 33.4 Å². The zero-order valence-corrected chi connectivity index (χ0v) is 16.9. The van der Waals surface area contributed by atoms with Crippen LogP contribution in [-0.4, -0.2) is 96.9 Å². The first kappa shape index (κ1) is 21.3. The number of nitrogens with zero attached hydrogens (tertiary/aromatic N) is 3. The van der Waals surface area contributed by atoms with Crippen molar-refractivity contribution in [3.8, 4) is 0 Å². The molecule has 0 aromatic carbocycles. The van der Waals surface area contributed by atoms with Crippen molar-refractivity contribution >= 4 is 18.3 Å². The first-order chi connectivity index (χ1) is 13.9. The number of aromatic amines is 1. The van der Waals surface area contributed by atoms with Crippen LogP contribution in [0.1, 0.15) is 28.2 Å². The third-order valence-electron chi connectivity index (χ3n) is 5.97. The van der Waals surface area contributed by atoms with Gasteiger partial charge in [-0.3, -0.25) is 19.5 Å². The number of carbonyl (C=O) groups excluding carboxylic acids is 2. The summed E-state index contributed by atoms with van der Waals surface area (Å²) in [5.41, 5.74) is 2.07. The van der Waals surface area contributed by atoms with Gasteiger partial charge in [0.15, 0.2) is 5.69 Å². The molecule has 1 aromatic heterocycles. The van der Waals surface area contributed by atoms with E-state index in [1.807, 2.05) is 19.0 Å². The number of carboxylic acid groups (broad SMARTS) is 1. The average molecular weight is 407 g/mol. The summed E-state index contributed by atoms with van der Waals surface area (Å²) < 4.78 is 5.63. The summed E-state index contributed by atoms with van der Waals surface area (Å²) in [7, 11) is 3.95. The molecule has 4 rings (SSSR count). The molecule has 0 saturated carbocycles. The van der Waals surface area contributed by atoms with Crippen molar-refractivity contribution in [2.75, 3.05) is 53.5 Å². The predicted molar refractivity (Wildman–Crippen MR) is 104 cm³/mol. The van der Waals surface area contributed by atoms with E-state index in [0.29, 0.717) is 38.5 Å². The Balaban J connectivity index is 0.000000755. The smallest absolute Gasteiger partial charge is 0.290 e. The standard InChI is InChI=1S/C18H27N5O3.CH2O2/c1-22(2)7-6-19-17(25)18-10-23(8-12(18)9-26-11-18)16(24)15-13-4-3-5-14(13)20-21-15;2-1-3/h12H,3-11H2,1-2H3,(H,19,25)(H,20,21);1H,(H,2,3)/t12-,18-;/m0./s1. The second-order valence-electron chi connectivity index (χ2n) is 8.10. The minimum Gasteiger partial charge on any atom is -0.483 e. The van der Waals surface area contributed by atoms with Crippen LogP contribution in [0.2, 0.25) is 0 Å². The number of hydrogen-bond acceptors (Lipinski definition) is 6. The van der Waals surface area contributed by atoms with Crippen LogP contribution in [0.4, 0.5) is 0 Å². The second kappa shape index (κ2) is 8.91. The van der Waals surface area contributed by atoms with Crippen molar-refractivity contribution < 1.29 is 24.2 Å². The van der Waals surface area contributed by atoms with Crippen LogP contribution in [-0.2, 0) is 27.2 Å². The fourth-order valence-corrected chi connectivity index (χ4v) is 4.43. The number of likely N-dealkylation sites (N-methyl/N-ethyl adjacent to an activating group) is 1. The molecule has 2 aliphatic heterocycles. The van der Waals surface area contributed by atoms with E-state index in [1.54, 1.807) is 4.90 Å². The Bertz CT molecular complexity index is 764.